The maximum Gasteiger partial charge on any atom is 0.337 e. The second kappa shape index (κ2) is 7.26. The molecule has 2 aromatic rings. The Morgan fingerprint density at radius 1 is 0.577 bits per heavy atom. The van der Waals surface area contributed by atoms with Crippen LogP contribution >= 0.6 is 31.9 Å². The van der Waals surface area contributed by atoms with Crippen LogP contribution in [-0.2, 0) is 0 Å². The highest BCUT2D eigenvalue weighted by Crippen LogP contribution is 2.39. The summed E-state index contributed by atoms with van der Waals surface area (Å²) < 4.78 is -0.157. The normalized spacial score (nSPS) is 10.4. The summed E-state index contributed by atoms with van der Waals surface area (Å²) in [6, 6.07) is 4.74. The summed E-state index contributed by atoms with van der Waals surface area (Å²) in [5, 5.41) is 36.9. The second-order valence-corrected chi connectivity index (χ2v) is 6.51. The van der Waals surface area contributed by atoms with E-state index in [4.69, 9.17) is 10.2 Å². The van der Waals surface area contributed by atoms with Crippen LogP contribution in [0.2, 0.25) is 0 Å². The van der Waals surface area contributed by atoms with E-state index in [1.54, 1.807) is 0 Å². The first-order chi connectivity index (χ1) is 12.1. The van der Waals surface area contributed by atoms with Crippen LogP contribution in [0.5, 0.6) is 0 Å². The lowest BCUT2D eigenvalue weighted by atomic mass is 9.95. The van der Waals surface area contributed by atoms with Crippen molar-refractivity contribution in [2.24, 2.45) is 0 Å². The maximum atomic E-state index is 11.5. The summed E-state index contributed by atoms with van der Waals surface area (Å²) in [5.74, 6) is -5.87. The Balaban J connectivity index is 2.86. The van der Waals surface area contributed by atoms with Crippen molar-refractivity contribution in [3.63, 3.8) is 0 Å². The number of carboxylic acids is 4. The number of carboxylic acid groups (broad SMARTS) is 4. The van der Waals surface area contributed by atoms with Crippen molar-refractivity contribution in [2.75, 3.05) is 0 Å². The van der Waals surface area contributed by atoms with Gasteiger partial charge in [-0.25, -0.2) is 19.2 Å². The van der Waals surface area contributed by atoms with E-state index in [2.05, 4.69) is 31.9 Å². The third kappa shape index (κ3) is 3.33. The van der Waals surface area contributed by atoms with E-state index in [-0.39, 0.29) is 20.1 Å². The summed E-state index contributed by atoms with van der Waals surface area (Å²) in [7, 11) is 0. The van der Waals surface area contributed by atoms with Crippen LogP contribution in [0.1, 0.15) is 41.4 Å². The Labute approximate surface area is 162 Å². The maximum absolute atomic E-state index is 11.5. The molecule has 0 radical (unpaired) electrons. The Morgan fingerprint density at radius 2 is 0.885 bits per heavy atom. The molecule has 0 bridgehead atoms. The highest BCUT2D eigenvalue weighted by Gasteiger charge is 2.26. The Hall–Kier alpha value is -2.72. The predicted octanol–water partition coefficient (Wildman–Crippen LogP) is 3.67. The van der Waals surface area contributed by atoms with E-state index in [1.165, 1.54) is 12.1 Å². The lowest BCUT2D eigenvalue weighted by molar-refractivity contribution is 0.0650. The summed E-state index contributed by atoms with van der Waals surface area (Å²) in [5.41, 5.74) is -1.57. The van der Waals surface area contributed by atoms with Crippen LogP contribution in [0.3, 0.4) is 0 Å². The number of hydrogen-bond acceptors (Lipinski definition) is 4. The zero-order chi connectivity index (χ0) is 19.8. The topological polar surface area (TPSA) is 149 Å². The van der Waals surface area contributed by atoms with Crippen LogP contribution in [-0.4, -0.2) is 44.3 Å². The molecule has 0 fully saturated rings. The lowest BCUT2D eigenvalue weighted by Gasteiger charge is -2.14. The number of halogens is 2. The van der Waals surface area contributed by atoms with E-state index in [0.29, 0.717) is 0 Å². The molecule has 2 aromatic carbocycles. The lowest BCUT2D eigenvalue weighted by Crippen LogP contribution is -2.11. The minimum Gasteiger partial charge on any atom is -0.478 e. The summed E-state index contributed by atoms with van der Waals surface area (Å²) >= 11 is 6.10. The molecule has 10 heteroatoms. The van der Waals surface area contributed by atoms with Gasteiger partial charge in [0.1, 0.15) is 0 Å². The molecular weight excluding hydrogens is 480 g/mol. The molecule has 26 heavy (non-hydrogen) atoms. The first-order valence-corrected chi connectivity index (χ1v) is 8.25. The van der Waals surface area contributed by atoms with E-state index in [1.807, 2.05) is 0 Å². The summed E-state index contributed by atoms with van der Waals surface area (Å²) in [4.78, 5) is 45.4. The quantitative estimate of drug-likeness (QED) is 0.499. The molecule has 0 unspecified atom stereocenters. The fraction of sp³-hybridized carbons (Fsp3) is 0. The Bertz CT molecular complexity index is 901. The van der Waals surface area contributed by atoms with E-state index in [0.717, 1.165) is 12.1 Å². The molecule has 0 spiro atoms. The highest BCUT2D eigenvalue weighted by molar-refractivity contribution is 9.11. The largest absolute Gasteiger partial charge is 0.478 e. The van der Waals surface area contributed by atoms with E-state index >= 15 is 0 Å². The zero-order valence-electron chi connectivity index (χ0n) is 12.5. The minimum absolute atomic E-state index is 0.0787. The van der Waals surface area contributed by atoms with Gasteiger partial charge in [0, 0.05) is 8.95 Å². The van der Waals surface area contributed by atoms with Gasteiger partial charge in [-0.15, -0.1) is 0 Å². The van der Waals surface area contributed by atoms with Crippen molar-refractivity contribution in [3.8, 4) is 11.1 Å². The smallest absolute Gasteiger partial charge is 0.337 e. The first-order valence-electron chi connectivity index (χ1n) is 6.66. The molecule has 8 nitrogen and oxygen atoms in total. The van der Waals surface area contributed by atoms with Gasteiger partial charge in [0.05, 0.1) is 22.3 Å². The van der Waals surface area contributed by atoms with Gasteiger partial charge >= 0.3 is 23.9 Å². The molecule has 134 valence electrons. The predicted molar refractivity (Wildman–Crippen MR) is 95.1 cm³/mol. The molecule has 0 heterocycles. The van der Waals surface area contributed by atoms with Gasteiger partial charge in [0.15, 0.2) is 0 Å². The molecule has 2 rings (SSSR count). The van der Waals surface area contributed by atoms with Gasteiger partial charge in [-0.3, -0.25) is 0 Å². The third-order valence-electron chi connectivity index (χ3n) is 3.46. The molecule has 0 aliphatic carbocycles. The van der Waals surface area contributed by atoms with Crippen LogP contribution in [0.15, 0.2) is 33.2 Å². The van der Waals surface area contributed by atoms with Crippen LogP contribution < -0.4 is 0 Å². The molecule has 0 aliphatic heterocycles. The van der Waals surface area contributed by atoms with Crippen molar-refractivity contribution in [1.29, 1.82) is 0 Å². The Morgan fingerprint density at radius 3 is 1.12 bits per heavy atom. The van der Waals surface area contributed by atoms with Crippen molar-refractivity contribution in [1.82, 2.24) is 0 Å². The third-order valence-corrected chi connectivity index (χ3v) is 5.11. The fourth-order valence-electron chi connectivity index (χ4n) is 2.34. The molecule has 0 atom stereocenters. The number of hydrogen-bond donors (Lipinski definition) is 4. The molecule has 4 N–H and O–H groups in total. The van der Waals surface area contributed by atoms with Crippen molar-refractivity contribution < 1.29 is 39.6 Å². The highest BCUT2D eigenvalue weighted by atomic mass is 79.9. The number of benzene rings is 2. The van der Waals surface area contributed by atoms with Gasteiger partial charge in [-0.1, -0.05) is 12.1 Å². The van der Waals surface area contributed by atoms with E-state index < -0.39 is 46.1 Å². The van der Waals surface area contributed by atoms with Gasteiger partial charge < -0.3 is 20.4 Å². The Kier molecular flexibility index (Phi) is 5.47. The molecule has 0 saturated heterocycles. The SMILES string of the molecule is O=C(O)c1ccc(-c2ccc(C(=O)O)c(C(=O)O)c2Br)c(Br)c1C(=O)O. The number of rotatable bonds is 5. The number of aromatic carboxylic acids is 4. The van der Waals surface area contributed by atoms with Crippen LogP contribution in [0.25, 0.3) is 11.1 Å². The molecule has 0 aromatic heterocycles. The van der Waals surface area contributed by atoms with Crippen LogP contribution in [0.4, 0.5) is 0 Å². The van der Waals surface area contributed by atoms with Crippen molar-refractivity contribution in [3.05, 3.63) is 55.5 Å². The molecule has 0 aliphatic rings. The van der Waals surface area contributed by atoms with Gasteiger partial charge in [-0.05, 0) is 55.1 Å². The van der Waals surface area contributed by atoms with E-state index in [9.17, 15) is 29.4 Å². The average Bonchev–Trinajstić information content (AvgIpc) is 2.53. The van der Waals surface area contributed by atoms with Gasteiger partial charge in [0.2, 0.25) is 0 Å². The molecule has 0 amide bonds. The fourth-order valence-corrected chi connectivity index (χ4v) is 3.80. The van der Waals surface area contributed by atoms with Gasteiger partial charge in [-0.2, -0.15) is 0 Å². The minimum atomic E-state index is -1.49. The summed E-state index contributed by atoms with van der Waals surface area (Å²) in [6.07, 6.45) is 0. The zero-order valence-corrected chi connectivity index (χ0v) is 15.7. The number of carbonyl (C=O) groups is 4. The van der Waals surface area contributed by atoms with Crippen molar-refractivity contribution >= 4 is 55.7 Å². The monoisotopic (exact) mass is 486 g/mol. The van der Waals surface area contributed by atoms with Crippen molar-refractivity contribution in [2.45, 2.75) is 0 Å². The average molecular weight is 488 g/mol. The molecule has 0 saturated carbocycles. The van der Waals surface area contributed by atoms with Gasteiger partial charge in [0.25, 0.3) is 0 Å². The standard InChI is InChI=1S/C16H8Br2O8/c17-11-5(1-3-7(13(19)20)9(11)15(23)24)6-2-4-8(14(21)22)10(12(6)18)16(25)26/h1-4H,(H,19,20)(H,21,22)(H,23,24)(H,25,26). The van der Waals surface area contributed by atoms with Crippen LogP contribution in [0, 0.1) is 0 Å². The second-order valence-electron chi connectivity index (χ2n) is 4.92. The molecular formula is C16H8Br2O8. The first kappa shape index (κ1) is 19.6. The summed E-state index contributed by atoms with van der Waals surface area (Å²) in [6.45, 7) is 0.